The van der Waals surface area contributed by atoms with Gasteiger partial charge in [-0.1, -0.05) is 5.21 Å². The number of amides is 1. The molecule has 1 aromatic carbocycles. The molecule has 1 saturated heterocycles. The lowest BCUT2D eigenvalue weighted by Gasteiger charge is -2.28. The minimum Gasteiger partial charge on any atom is -0.465 e. The van der Waals surface area contributed by atoms with Crippen molar-refractivity contribution in [2.45, 2.75) is 25.3 Å². The van der Waals surface area contributed by atoms with Gasteiger partial charge >= 0.3 is 6.09 Å². The Morgan fingerprint density at radius 2 is 2.24 bits per heavy atom. The smallest absolute Gasteiger partial charge is 0.407 e. The molecule has 1 amide bonds. The minimum atomic E-state index is -0.827. The molecule has 1 fully saturated rings. The maximum atomic E-state index is 11.0. The van der Waals surface area contributed by atoms with Crippen molar-refractivity contribution in [2.75, 3.05) is 18.4 Å². The Hall–Kier alpha value is -2.68. The highest BCUT2D eigenvalue weighted by molar-refractivity contribution is 7.09. The van der Waals surface area contributed by atoms with Gasteiger partial charge in [0, 0.05) is 30.1 Å². The van der Waals surface area contributed by atoms with E-state index in [0.29, 0.717) is 25.6 Å². The third-order valence-electron chi connectivity index (χ3n) is 4.48. The number of hydrogen-bond acceptors (Lipinski definition) is 6. The first-order chi connectivity index (χ1) is 12.2. The molecule has 8 nitrogen and oxygen atoms in total. The van der Waals surface area contributed by atoms with Gasteiger partial charge < -0.3 is 15.3 Å². The van der Waals surface area contributed by atoms with E-state index in [2.05, 4.69) is 26.1 Å². The number of benzene rings is 1. The summed E-state index contributed by atoms with van der Waals surface area (Å²) in [4.78, 5) is 17.2. The zero-order valence-electron chi connectivity index (χ0n) is 13.5. The molecule has 0 aliphatic carbocycles. The first-order valence-electron chi connectivity index (χ1n) is 8.16. The number of H-pyrrole nitrogens is 1. The molecule has 0 atom stereocenters. The van der Waals surface area contributed by atoms with Crippen molar-refractivity contribution >= 4 is 34.2 Å². The molecule has 0 bridgehead atoms. The Kier molecular flexibility index (Phi) is 4.22. The molecule has 0 unspecified atom stereocenters. The quantitative estimate of drug-likeness (QED) is 0.662. The van der Waals surface area contributed by atoms with Gasteiger partial charge in [0.05, 0.1) is 22.8 Å². The second-order valence-corrected chi connectivity index (χ2v) is 7.01. The molecule has 25 heavy (non-hydrogen) atoms. The number of carbonyl (C=O) groups is 1. The van der Waals surface area contributed by atoms with Crippen molar-refractivity contribution in [1.82, 2.24) is 25.3 Å². The highest BCUT2D eigenvalue weighted by atomic mass is 32.1. The van der Waals surface area contributed by atoms with Gasteiger partial charge in [-0.05, 0) is 31.0 Å². The zero-order chi connectivity index (χ0) is 17.2. The fraction of sp³-hybridized carbons (Fsp3) is 0.375. The van der Waals surface area contributed by atoms with E-state index in [0.717, 1.165) is 40.3 Å². The standard InChI is InChI=1S/C16H18N6O2S/c23-16(24)22-5-3-10(4-6-22)15-18-12(9-25-15)8-17-11-1-2-13-14(7-11)20-21-19-13/h1-2,7,9-10,17H,3-6,8H2,(H,23,24)(H,19,20,21). The van der Waals surface area contributed by atoms with Gasteiger partial charge in [0.25, 0.3) is 0 Å². The van der Waals surface area contributed by atoms with Gasteiger partial charge in [0.15, 0.2) is 0 Å². The van der Waals surface area contributed by atoms with Crippen molar-refractivity contribution in [3.63, 3.8) is 0 Å². The van der Waals surface area contributed by atoms with Crippen molar-refractivity contribution in [3.8, 4) is 0 Å². The number of thiazole rings is 1. The van der Waals surface area contributed by atoms with Gasteiger partial charge in [-0.15, -0.1) is 16.4 Å². The number of likely N-dealkylation sites (tertiary alicyclic amines) is 1. The van der Waals surface area contributed by atoms with Gasteiger partial charge in [-0.3, -0.25) is 5.10 Å². The Morgan fingerprint density at radius 1 is 1.40 bits per heavy atom. The van der Waals surface area contributed by atoms with Crippen LogP contribution in [-0.4, -0.2) is 49.6 Å². The number of nitrogens with zero attached hydrogens (tertiary/aromatic N) is 4. The van der Waals surface area contributed by atoms with E-state index in [1.807, 2.05) is 18.2 Å². The Labute approximate surface area is 147 Å². The number of anilines is 1. The molecule has 0 saturated carbocycles. The molecule has 4 rings (SSSR count). The fourth-order valence-electron chi connectivity index (χ4n) is 3.05. The van der Waals surface area contributed by atoms with Crippen molar-refractivity contribution < 1.29 is 9.90 Å². The Morgan fingerprint density at radius 3 is 3.04 bits per heavy atom. The van der Waals surface area contributed by atoms with Crippen LogP contribution in [0.5, 0.6) is 0 Å². The average molecular weight is 358 g/mol. The van der Waals surface area contributed by atoms with Crippen LogP contribution in [0.2, 0.25) is 0 Å². The number of rotatable bonds is 4. The largest absolute Gasteiger partial charge is 0.465 e. The highest BCUT2D eigenvalue weighted by Gasteiger charge is 2.25. The maximum absolute atomic E-state index is 11.0. The fourth-order valence-corrected chi connectivity index (χ4v) is 4.04. The van der Waals surface area contributed by atoms with E-state index < -0.39 is 6.09 Å². The highest BCUT2D eigenvalue weighted by Crippen LogP contribution is 2.30. The van der Waals surface area contributed by atoms with Gasteiger partial charge in [0.2, 0.25) is 0 Å². The summed E-state index contributed by atoms with van der Waals surface area (Å²) in [6.45, 7) is 1.82. The second-order valence-electron chi connectivity index (χ2n) is 6.12. The van der Waals surface area contributed by atoms with Crippen LogP contribution in [0, 0.1) is 0 Å². The topological polar surface area (TPSA) is 107 Å². The molecule has 1 aliphatic heterocycles. The SMILES string of the molecule is O=C(O)N1CCC(c2nc(CNc3ccc4[nH]nnc4c3)cs2)CC1. The van der Waals surface area contributed by atoms with Gasteiger partial charge in [-0.25, -0.2) is 9.78 Å². The molecule has 2 aromatic heterocycles. The lowest BCUT2D eigenvalue weighted by atomic mass is 9.98. The number of carboxylic acid groups (broad SMARTS) is 1. The summed E-state index contributed by atoms with van der Waals surface area (Å²) >= 11 is 1.66. The van der Waals surface area contributed by atoms with E-state index in [9.17, 15) is 4.79 Å². The van der Waals surface area contributed by atoms with E-state index in [1.54, 1.807) is 11.3 Å². The van der Waals surface area contributed by atoms with E-state index in [4.69, 9.17) is 10.1 Å². The molecule has 3 N–H and O–H groups in total. The normalized spacial score (nSPS) is 15.6. The van der Waals surface area contributed by atoms with Crippen LogP contribution in [-0.2, 0) is 6.54 Å². The van der Waals surface area contributed by atoms with E-state index >= 15 is 0 Å². The predicted octanol–water partition coefficient (Wildman–Crippen LogP) is 2.88. The summed E-state index contributed by atoms with van der Waals surface area (Å²) in [6.07, 6.45) is 0.858. The van der Waals surface area contributed by atoms with Crippen LogP contribution in [0.25, 0.3) is 11.0 Å². The third-order valence-corrected chi connectivity index (χ3v) is 5.54. The number of nitrogens with one attached hydrogen (secondary N) is 2. The summed E-state index contributed by atoms with van der Waals surface area (Å²) in [5.41, 5.74) is 3.72. The number of hydrogen-bond donors (Lipinski definition) is 3. The molecule has 9 heteroatoms. The van der Waals surface area contributed by atoms with Gasteiger partial charge in [0.1, 0.15) is 5.52 Å². The summed E-state index contributed by atoms with van der Waals surface area (Å²) in [5.74, 6) is 0.362. The number of aromatic nitrogens is 4. The predicted molar refractivity (Wildman–Crippen MR) is 94.9 cm³/mol. The average Bonchev–Trinajstić information content (AvgIpc) is 3.29. The van der Waals surface area contributed by atoms with Crippen molar-refractivity contribution in [3.05, 3.63) is 34.3 Å². The molecule has 3 heterocycles. The van der Waals surface area contributed by atoms with Crippen molar-refractivity contribution in [2.24, 2.45) is 0 Å². The number of aromatic amines is 1. The van der Waals surface area contributed by atoms with Crippen LogP contribution in [0.4, 0.5) is 10.5 Å². The molecule has 0 spiro atoms. The lowest BCUT2D eigenvalue weighted by Crippen LogP contribution is -2.36. The van der Waals surface area contributed by atoms with Crippen LogP contribution in [0.3, 0.4) is 0 Å². The molecular formula is C16H18N6O2S. The molecule has 1 aliphatic rings. The summed E-state index contributed by atoms with van der Waals surface area (Å²) in [6, 6.07) is 5.88. The lowest BCUT2D eigenvalue weighted by molar-refractivity contribution is 0.132. The second kappa shape index (κ2) is 6.67. The van der Waals surface area contributed by atoms with E-state index in [1.165, 1.54) is 4.90 Å². The Bertz CT molecular complexity index is 884. The van der Waals surface area contributed by atoms with Crippen LogP contribution in [0.1, 0.15) is 29.5 Å². The van der Waals surface area contributed by atoms with Gasteiger partial charge in [-0.2, -0.15) is 0 Å². The molecular weight excluding hydrogens is 340 g/mol. The Balaban J connectivity index is 1.36. The summed E-state index contributed by atoms with van der Waals surface area (Å²) < 4.78 is 0. The molecule has 0 radical (unpaired) electrons. The number of fused-ring (bicyclic) bond motifs is 1. The molecule has 130 valence electrons. The minimum absolute atomic E-state index is 0.362. The number of piperidine rings is 1. The first-order valence-corrected chi connectivity index (χ1v) is 9.04. The van der Waals surface area contributed by atoms with Crippen LogP contribution in [0.15, 0.2) is 23.6 Å². The van der Waals surface area contributed by atoms with Crippen LogP contribution >= 0.6 is 11.3 Å². The monoisotopic (exact) mass is 358 g/mol. The maximum Gasteiger partial charge on any atom is 0.407 e. The first kappa shape index (κ1) is 15.8. The van der Waals surface area contributed by atoms with Crippen LogP contribution < -0.4 is 5.32 Å². The third kappa shape index (κ3) is 3.41. The van der Waals surface area contributed by atoms with E-state index in [-0.39, 0.29) is 0 Å². The summed E-state index contributed by atoms with van der Waals surface area (Å²) in [7, 11) is 0. The molecule has 3 aromatic rings. The summed E-state index contributed by atoms with van der Waals surface area (Å²) in [5, 5.41) is 26.2. The zero-order valence-corrected chi connectivity index (χ0v) is 14.3. The van der Waals surface area contributed by atoms with Crippen molar-refractivity contribution in [1.29, 1.82) is 0 Å².